The molecule has 0 spiro atoms. The zero-order chi connectivity index (χ0) is 31.4. The third-order valence-corrected chi connectivity index (χ3v) is 10.4. The van der Waals surface area contributed by atoms with Crippen molar-refractivity contribution in [3.63, 3.8) is 0 Å². The summed E-state index contributed by atoms with van der Waals surface area (Å²) in [6.07, 6.45) is 4.75. The van der Waals surface area contributed by atoms with Crippen LogP contribution in [0, 0.1) is 0 Å². The first-order valence-electron chi connectivity index (χ1n) is 15.7. The van der Waals surface area contributed by atoms with Crippen LogP contribution in [0.3, 0.4) is 0 Å². The number of nitrogens with two attached hydrogens (primary N) is 2. The molecule has 1 aliphatic carbocycles. The molecule has 3 unspecified atom stereocenters. The topological polar surface area (TPSA) is 203 Å². The van der Waals surface area contributed by atoms with Crippen molar-refractivity contribution >= 4 is 44.8 Å². The van der Waals surface area contributed by atoms with E-state index in [0.29, 0.717) is 54.8 Å². The average molecular weight is 648 g/mol. The lowest BCUT2D eigenvalue weighted by molar-refractivity contribution is -0.120. The number of nitrogens with zero attached hydrogens (tertiary/aromatic N) is 4. The Labute approximate surface area is 268 Å². The second-order valence-electron chi connectivity index (χ2n) is 12.2. The van der Waals surface area contributed by atoms with Crippen LogP contribution in [0.25, 0.3) is 21.4 Å². The van der Waals surface area contributed by atoms with Crippen molar-refractivity contribution in [1.82, 2.24) is 30.8 Å². The van der Waals surface area contributed by atoms with Crippen molar-refractivity contribution in [1.29, 1.82) is 0 Å². The molecule has 46 heavy (non-hydrogen) atoms. The van der Waals surface area contributed by atoms with Gasteiger partial charge in [0.1, 0.15) is 23.2 Å². The number of ether oxygens (including phenoxy) is 1. The maximum absolute atomic E-state index is 13.1. The molecule has 6 heterocycles. The van der Waals surface area contributed by atoms with E-state index in [1.54, 1.807) is 12.4 Å². The molecule has 2 fully saturated rings. The molecule has 5 atom stereocenters. The number of aromatic nitrogens is 3. The van der Waals surface area contributed by atoms with Gasteiger partial charge in [-0.3, -0.25) is 24.8 Å². The lowest BCUT2D eigenvalue weighted by Crippen LogP contribution is -2.60. The molecule has 0 bridgehead atoms. The summed E-state index contributed by atoms with van der Waals surface area (Å²) in [6, 6.07) is 5.68. The van der Waals surface area contributed by atoms with Gasteiger partial charge in [0.2, 0.25) is 11.3 Å². The minimum Gasteiger partial charge on any atom is -0.439 e. The van der Waals surface area contributed by atoms with E-state index in [9.17, 15) is 9.59 Å². The molecule has 15 nitrogen and oxygen atoms in total. The summed E-state index contributed by atoms with van der Waals surface area (Å²) >= 11 is 1.38. The first kappa shape index (κ1) is 29.3. The van der Waals surface area contributed by atoms with Crippen LogP contribution in [0.4, 0.5) is 17.3 Å². The number of hydrazine groups is 1. The average Bonchev–Trinajstić information content (AvgIpc) is 3.83. The van der Waals surface area contributed by atoms with Crippen LogP contribution < -0.4 is 48.6 Å². The van der Waals surface area contributed by atoms with Crippen molar-refractivity contribution in [2.75, 3.05) is 41.9 Å². The van der Waals surface area contributed by atoms with Gasteiger partial charge in [-0.15, -0.1) is 21.5 Å². The highest BCUT2D eigenvalue weighted by molar-refractivity contribution is 7.17. The van der Waals surface area contributed by atoms with Crippen LogP contribution in [0.15, 0.2) is 39.1 Å². The van der Waals surface area contributed by atoms with Gasteiger partial charge >= 0.3 is 0 Å². The molecule has 1 saturated carbocycles. The van der Waals surface area contributed by atoms with Crippen LogP contribution in [-0.4, -0.2) is 65.2 Å². The van der Waals surface area contributed by atoms with Gasteiger partial charge in [-0.05, 0) is 24.5 Å². The minimum absolute atomic E-state index is 0.0319. The Kier molecular flexibility index (Phi) is 7.62. The fraction of sp³-hybridized carbons (Fsp3) is 0.467. The molecule has 1 aromatic carbocycles. The van der Waals surface area contributed by atoms with Gasteiger partial charge in [-0.2, -0.15) is 0 Å². The number of amides is 1. The number of benzene rings is 1. The summed E-state index contributed by atoms with van der Waals surface area (Å²) in [5, 5.41) is 21.1. The second-order valence-corrected chi connectivity index (χ2v) is 13.1. The number of rotatable bonds is 7. The fourth-order valence-electron chi connectivity index (χ4n) is 7.07. The first-order chi connectivity index (χ1) is 22.5. The second kappa shape index (κ2) is 11.9. The Morgan fingerprint density at radius 2 is 2.00 bits per heavy atom. The highest BCUT2D eigenvalue weighted by Gasteiger charge is 2.41. The summed E-state index contributed by atoms with van der Waals surface area (Å²) in [5.74, 6) is -0.292. The number of morpholine rings is 1. The number of anilines is 3. The van der Waals surface area contributed by atoms with Gasteiger partial charge in [0.25, 0.3) is 0 Å². The summed E-state index contributed by atoms with van der Waals surface area (Å²) < 4.78 is 14.3. The number of hydrogen-bond donors (Lipinski definition) is 7. The van der Waals surface area contributed by atoms with Gasteiger partial charge in [-0.25, -0.2) is 5.43 Å². The van der Waals surface area contributed by atoms with Crippen molar-refractivity contribution < 1.29 is 13.9 Å². The van der Waals surface area contributed by atoms with Crippen LogP contribution >= 0.6 is 11.3 Å². The molecular formula is C30H37N11O4S. The van der Waals surface area contributed by atoms with Gasteiger partial charge in [0.05, 0.1) is 30.8 Å². The lowest BCUT2D eigenvalue weighted by Gasteiger charge is -2.41. The number of carbonyl (C=O) groups excluding carboxylic acids is 1. The van der Waals surface area contributed by atoms with E-state index in [2.05, 4.69) is 37.0 Å². The van der Waals surface area contributed by atoms with Crippen molar-refractivity contribution in [3.05, 3.63) is 51.5 Å². The Morgan fingerprint density at radius 3 is 2.83 bits per heavy atom. The van der Waals surface area contributed by atoms with Gasteiger partial charge in [0.15, 0.2) is 17.3 Å². The van der Waals surface area contributed by atoms with Crippen LogP contribution in [0.2, 0.25) is 0 Å². The van der Waals surface area contributed by atoms with Crippen molar-refractivity contribution in [3.8, 4) is 11.1 Å². The Bertz CT molecular complexity index is 1830. The maximum atomic E-state index is 13.1. The highest BCUT2D eigenvalue weighted by Crippen LogP contribution is 2.42. The standard InChI is InChI=1S/C30H37N11O4S/c31-18-3-1-2-4-19(18)36-30-37-28(23(27(32)43)29-39-34-14-41(29)30)35-20-6-5-15(16-12-33-38-24(16)20)17-13-46-26-21(42)11-22(45-25(17)26)40-7-9-44-10-8-40/h5-6,11,13-14,18-19,23,28,30,33,35-38H,1-4,7-10,12,31H2,(H2,32,43)/t18-,19+,23?,28?,30?/m1/s1. The van der Waals surface area contributed by atoms with Crippen LogP contribution in [0.1, 0.15) is 49.3 Å². The summed E-state index contributed by atoms with van der Waals surface area (Å²) in [6.45, 7) is 3.05. The molecule has 1 amide bonds. The number of thiophene rings is 1. The quantitative estimate of drug-likeness (QED) is 0.151. The van der Waals surface area contributed by atoms with Gasteiger partial charge < -0.3 is 36.3 Å². The number of fused-ring (bicyclic) bond motifs is 3. The summed E-state index contributed by atoms with van der Waals surface area (Å²) in [4.78, 5) is 28.0. The minimum atomic E-state index is -0.793. The predicted molar refractivity (Wildman–Crippen MR) is 174 cm³/mol. The Balaban J connectivity index is 1.13. The molecule has 1 saturated heterocycles. The highest BCUT2D eigenvalue weighted by atomic mass is 32.1. The van der Waals surface area contributed by atoms with E-state index in [4.69, 9.17) is 20.6 Å². The first-order valence-corrected chi connectivity index (χ1v) is 16.6. The SMILES string of the molecule is NC(=O)C1c2nncn2C(N[C@H]2CCCC[C@H]2N)NC1Nc1ccc(-c2csc3c(=O)cc(N4CCOCC4)oc23)c2c1NNC2. The van der Waals surface area contributed by atoms with Crippen molar-refractivity contribution in [2.45, 2.75) is 62.7 Å². The lowest BCUT2D eigenvalue weighted by atomic mass is 9.91. The molecule has 242 valence electrons. The molecule has 8 rings (SSSR count). The normalized spacial score (nSPS) is 26.0. The van der Waals surface area contributed by atoms with E-state index in [0.717, 1.165) is 53.7 Å². The Morgan fingerprint density at radius 1 is 1.15 bits per heavy atom. The summed E-state index contributed by atoms with van der Waals surface area (Å²) in [5.41, 5.74) is 23.9. The third kappa shape index (κ3) is 5.10. The molecule has 3 aromatic heterocycles. The largest absolute Gasteiger partial charge is 0.439 e. The molecule has 4 aliphatic rings. The predicted octanol–water partition coefficient (Wildman–Crippen LogP) is 1.31. The van der Waals surface area contributed by atoms with Crippen molar-refractivity contribution in [2.24, 2.45) is 11.5 Å². The maximum Gasteiger partial charge on any atom is 0.231 e. The molecule has 3 aliphatic heterocycles. The van der Waals surface area contributed by atoms with E-state index in [-0.39, 0.29) is 17.5 Å². The van der Waals surface area contributed by atoms with E-state index in [1.807, 2.05) is 27.0 Å². The molecule has 0 radical (unpaired) electrons. The monoisotopic (exact) mass is 647 g/mol. The number of carbonyl (C=O) groups is 1. The molecule has 9 N–H and O–H groups in total. The zero-order valence-corrected chi connectivity index (χ0v) is 25.9. The van der Waals surface area contributed by atoms with Crippen LogP contribution in [0.5, 0.6) is 0 Å². The van der Waals surface area contributed by atoms with Gasteiger partial charge in [-0.1, -0.05) is 18.9 Å². The van der Waals surface area contributed by atoms with Crippen LogP contribution in [-0.2, 0) is 16.1 Å². The number of nitrogens with one attached hydrogen (secondary N) is 5. The van der Waals surface area contributed by atoms with E-state index >= 15 is 0 Å². The number of hydrogen-bond acceptors (Lipinski definition) is 14. The van der Waals surface area contributed by atoms with Gasteiger partial charge in [0, 0.05) is 54.3 Å². The fourth-order valence-corrected chi connectivity index (χ4v) is 7.98. The molecule has 16 heteroatoms. The number of primary amides is 1. The molecular weight excluding hydrogens is 610 g/mol. The summed E-state index contributed by atoms with van der Waals surface area (Å²) in [7, 11) is 0. The molecule has 4 aromatic rings. The zero-order valence-electron chi connectivity index (χ0n) is 25.1. The van der Waals surface area contributed by atoms with E-state index in [1.165, 1.54) is 11.3 Å². The Hall–Kier alpha value is -4.06. The van der Waals surface area contributed by atoms with E-state index < -0.39 is 24.3 Å². The third-order valence-electron chi connectivity index (χ3n) is 9.47. The smallest absolute Gasteiger partial charge is 0.231 e.